The summed E-state index contributed by atoms with van der Waals surface area (Å²) in [4.78, 5) is 13.2. The lowest BCUT2D eigenvalue weighted by atomic mass is 10.1. The van der Waals surface area contributed by atoms with Crippen molar-refractivity contribution in [2.24, 2.45) is 0 Å². The van der Waals surface area contributed by atoms with Crippen molar-refractivity contribution in [2.45, 2.75) is 19.6 Å². The smallest absolute Gasteiger partial charge is 0.255 e. The predicted molar refractivity (Wildman–Crippen MR) is 122 cm³/mol. The molecule has 0 aliphatic heterocycles. The van der Waals surface area contributed by atoms with E-state index in [-0.39, 0.29) is 11.4 Å². The Balaban J connectivity index is 1.56. The molecule has 1 heterocycles. The standard InChI is InChI=1S/C25H22ClFN2O2/c26-21-11-10-18-14-20(17-28-16-19-6-4-5-9-23(19)27)25(30)29(24(18)15-21)12-13-31-22-7-2-1-3-8-22/h1-11,14-15,28H,12-13,16-17H2. The van der Waals surface area contributed by atoms with Gasteiger partial charge in [-0.1, -0.05) is 54.1 Å². The van der Waals surface area contributed by atoms with Crippen molar-refractivity contribution >= 4 is 22.5 Å². The second kappa shape index (κ2) is 9.77. The minimum absolute atomic E-state index is 0.118. The van der Waals surface area contributed by atoms with Crippen molar-refractivity contribution in [3.05, 3.63) is 111 Å². The zero-order chi connectivity index (χ0) is 21.6. The quantitative estimate of drug-likeness (QED) is 0.414. The van der Waals surface area contributed by atoms with Gasteiger partial charge in [0, 0.05) is 29.2 Å². The summed E-state index contributed by atoms with van der Waals surface area (Å²) < 4.78 is 21.3. The van der Waals surface area contributed by atoms with Gasteiger partial charge in [-0.3, -0.25) is 4.79 Å². The molecule has 4 nitrogen and oxygen atoms in total. The minimum atomic E-state index is -0.265. The van der Waals surface area contributed by atoms with Gasteiger partial charge in [-0.25, -0.2) is 4.39 Å². The van der Waals surface area contributed by atoms with Crippen molar-refractivity contribution in [2.75, 3.05) is 6.61 Å². The van der Waals surface area contributed by atoms with Crippen LogP contribution in [-0.2, 0) is 19.6 Å². The highest BCUT2D eigenvalue weighted by atomic mass is 35.5. The largest absolute Gasteiger partial charge is 0.492 e. The average Bonchev–Trinajstić information content (AvgIpc) is 2.78. The Kier molecular flexibility index (Phi) is 6.65. The molecule has 0 unspecified atom stereocenters. The maximum atomic E-state index is 13.9. The molecule has 3 aromatic carbocycles. The summed E-state index contributed by atoms with van der Waals surface area (Å²) in [5.74, 6) is 0.485. The number of hydrogen-bond acceptors (Lipinski definition) is 3. The zero-order valence-corrected chi connectivity index (χ0v) is 17.6. The summed E-state index contributed by atoms with van der Waals surface area (Å²) in [6, 6.07) is 23.4. The van der Waals surface area contributed by atoms with Crippen molar-refractivity contribution in [1.29, 1.82) is 0 Å². The van der Waals surface area contributed by atoms with Crippen LogP contribution in [0, 0.1) is 5.82 Å². The van der Waals surface area contributed by atoms with Gasteiger partial charge < -0.3 is 14.6 Å². The molecule has 158 valence electrons. The number of pyridine rings is 1. The summed E-state index contributed by atoms with van der Waals surface area (Å²) in [5, 5.41) is 4.65. The molecule has 1 aromatic heterocycles. The molecule has 4 rings (SSSR count). The van der Waals surface area contributed by atoms with Crippen molar-refractivity contribution in [3.63, 3.8) is 0 Å². The topological polar surface area (TPSA) is 43.3 Å². The molecule has 0 radical (unpaired) electrons. The SMILES string of the molecule is O=c1c(CNCc2ccccc2F)cc2ccc(Cl)cc2n1CCOc1ccccc1. The third-order valence-electron chi connectivity index (χ3n) is 5.05. The second-order valence-corrected chi connectivity index (χ2v) is 7.62. The van der Waals surface area contributed by atoms with Crippen LogP contribution in [0.3, 0.4) is 0 Å². The Morgan fingerprint density at radius 1 is 0.903 bits per heavy atom. The van der Waals surface area contributed by atoms with E-state index in [0.29, 0.717) is 42.4 Å². The number of rotatable bonds is 8. The number of hydrogen-bond donors (Lipinski definition) is 1. The molecular weight excluding hydrogens is 415 g/mol. The van der Waals surface area contributed by atoms with Crippen LogP contribution in [0.1, 0.15) is 11.1 Å². The molecule has 4 aromatic rings. The number of halogens is 2. The number of para-hydroxylation sites is 1. The highest BCUT2D eigenvalue weighted by molar-refractivity contribution is 6.31. The Hall–Kier alpha value is -3.15. The lowest BCUT2D eigenvalue weighted by Crippen LogP contribution is -2.29. The van der Waals surface area contributed by atoms with Crippen LogP contribution in [0.15, 0.2) is 83.7 Å². The number of nitrogens with one attached hydrogen (secondary N) is 1. The molecule has 0 atom stereocenters. The molecule has 0 bridgehead atoms. The fourth-order valence-electron chi connectivity index (χ4n) is 3.50. The van der Waals surface area contributed by atoms with E-state index >= 15 is 0 Å². The summed E-state index contributed by atoms with van der Waals surface area (Å²) >= 11 is 6.18. The van der Waals surface area contributed by atoms with Crippen molar-refractivity contribution in [1.82, 2.24) is 9.88 Å². The molecule has 0 aliphatic rings. The maximum Gasteiger partial charge on any atom is 0.255 e. The summed E-state index contributed by atoms with van der Waals surface area (Å²) in [5.41, 5.74) is 1.80. The normalized spacial score (nSPS) is 11.0. The van der Waals surface area contributed by atoms with E-state index < -0.39 is 0 Å². The van der Waals surface area contributed by atoms with Gasteiger partial charge in [0.05, 0.1) is 12.1 Å². The number of aromatic nitrogens is 1. The lowest BCUT2D eigenvalue weighted by molar-refractivity contribution is 0.298. The van der Waals surface area contributed by atoms with Crippen LogP contribution in [0.2, 0.25) is 5.02 Å². The summed E-state index contributed by atoms with van der Waals surface area (Å²) in [6.45, 7) is 1.39. The highest BCUT2D eigenvalue weighted by Crippen LogP contribution is 2.19. The van der Waals surface area contributed by atoms with Crippen molar-refractivity contribution < 1.29 is 9.13 Å². The van der Waals surface area contributed by atoms with Gasteiger partial charge in [0.15, 0.2) is 0 Å². The van der Waals surface area contributed by atoms with E-state index in [2.05, 4.69) is 5.32 Å². The monoisotopic (exact) mass is 436 g/mol. The van der Waals surface area contributed by atoms with E-state index in [9.17, 15) is 9.18 Å². The van der Waals surface area contributed by atoms with Gasteiger partial charge in [-0.05, 0) is 41.8 Å². The Morgan fingerprint density at radius 2 is 1.65 bits per heavy atom. The van der Waals surface area contributed by atoms with Crippen LogP contribution < -0.4 is 15.6 Å². The number of fused-ring (bicyclic) bond motifs is 1. The predicted octanol–water partition coefficient (Wildman–Crippen LogP) is 5.16. The van der Waals surface area contributed by atoms with Gasteiger partial charge in [-0.15, -0.1) is 0 Å². The lowest BCUT2D eigenvalue weighted by Gasteiger charge is -2.15. The highest BCUT2D eigenvalue weighted by Gasteiger charge is 2.11. The van der Waals surface area contributed by atoms with E-state index in [4.69, 9.17) is 16.3 Å². The van der Waals surface area contributed by atoms with E-state index in [1.807, 2.05) is 42.5 Å². The van der Waals surface area contributed by atoms with Gasteiger partial charge in [0.25, 0.3) is 5.56 Å². The molecular formula is C25H22ClFN2O2. The minimum Gasteiger partial charge on any atom is -0.492 e. The first-order valence-corrected chi connectivity index (χ1v) is 10.4. The Bertz CT molecular complexity index is 1240. The third-order valence-corrected chi connectivity index (χ3v) is 5.28. The second-order valence-electron chi connectivity index (χ2n) is 7.19. The van der Waals surface area contributed by atoms with E-state index in [1.165, 1.54) is 6.07 Å². The van der Waals surface area contributed by atoms with E-state index in [0.717, 1.165) is 16.7 Å². The van der Waals surface area contributed by atoms with Gasteiger partial charge in [-0.2, -0.15) is 0 Å². The number of benzene rings is 3. The van der Waals surface area contributed by atoms with Crippen LogP contribution >= 0.6 is 11.6 Å². The first-order chi connectivity index (χ1) is 15.1. The fourth-order valence-corrected chi connectivity index (χ4v) is 3.66. The van der Waals surface area contributed by atoms with Crippen LogP contribution in [0.5, 0.6) is 5.75 Å². The van der Waals surface area contributed by atoms with Crippen molar-refractivity contribution in [3.8, 4) is 5.75 Å². The molecule has 0 saturated carbocycles. The summed E-state index contributed by atoms with van der Waals surface area (Å²) in [6.07, 6.45) is 0. The first kappa shape index (κ1) is 21.1. The summed E-state index contributed by atoms with van der Waals surface area (Å²) in [7, 11) is 0. The Labute approximate surface area is 184 Å². The average molecular weight is 437 g/mol. The molecule has 6 heteroatoms. The molecule has 0 spiro atoms. The molecule has 0 fully saturated rings. The maximum absolute atomic E-state index is 13.9. The molecule has 0 aliphatic carbocycles. The molecule has 0 saturated heterocycles. The van der Waals surface area contributed by atoms with Gasteiger partial charge in [0.1, 0.15) is 18.2 Å². The zero-order valence-electron chi connectivity index (χ0n) is 16.9. The Morgan fingerprint density at radius 3 is 2.45 bits per heavy atom. The van der Waals surface area contributed by atoms with Gasteiger partial charge >= 0.3 is 0 Å². The molecule has 1 N–H and O–H groups in total. The van der Waals surface area contributed by atoms with Crippen LogP contribution in [-0.4, -0.2) is 11.2 Å². The van der Waals surface area contributed by atoms with Gasteiger partial charge in [0.2, 0.25) is 0 Å². The molecule has 0 amide bonds. The third kappa shape index (κ3) is 5.13. The van der Waals surface area contributed by atoms with Crippen LogP contribution in [0.25, 0.3) is 10.9 Å². The first-order valence-electron chi connectivity index (χ1n) is 10.1. The fraction of sp³-hybridized carbons (Fsp3) is 0.160. The number of ether oxygens (including phenoxy) is 1. The number of nitrogens with zero attached hydrogens (tertiary/aromatic N) is 1. The van der Waals surface area contributed by atoms with E-state index in [1.54, 1.807) is 34.9 Å². The van der Waals surface area contributed by atoms with Crippen LogP contribution in [0.4, 0.5) is 4.39 Å². The molecule has 31 heavy (non-hydrogen) atoms.